The monoisotopic (exact) mass is 493 g/mol. The van der Waals surface area contributed by atoms with Crippen molar-refractivity contribution >= 4 is 28.5 Å². The van der Waals surface area contributed by atoms with E-state index >= 15 is 0 Å². The van der Waals surface area contributed by atoms with Crippen molar-refractivity contribution in [3.8, 4) is 5.82 Å². The molecule has 0 aromatic carbocycles. The number of anilines is 1. The molecule has 36 heavy (non-hydrogen) atoms. The Labute approximate surface area is 204 Å². The molecule has 1 aliphatic heterocycles. The number of tetrazole rings is 1. The molecule has 1 N–H and O–H groups in total. The van der Waals surface area contributed by atoms with Gasteiger partial charge in [-0.15, -0.1) is 5.10 Å². The normalized spacial score (nSPS) is 17.1. The molecule has 14 heteroatoms. The number of amides is 1. The first-order valence-corrected chi connectivity index (χ1v) is 12.0. The van der Waals surface area contributed by atoms with Crippen molar-refractivity contribution in [2.45, 2.75) is 38.1 Å². The van der Waals surface area contributed by atoms with E-state index in [4.69, 9.17) is 0 Å². The minimum Gasteiger partial charge on any atom is -0.357 e. The highest BCUT2D eigenvalue weighted by molar-refractivity contribution is 6.45. The smallest absolute Gasteiger partial charge is 0.295 e. The maximum Gasteiger partial charge on any atom is 0.295 e. The van der Waals surface area contributed by atoms with Crippen molar-refractivity contribution in [2.24, 2.45) is 0 Å². The van der Waals surface area contributed by atoms with Gasteiger partial charge < -0.3 is 14.8 Å². The summed E-state index contributed by atoms with van der Waals surface area (Å²) in [7, 11) is 0. The number of Topliss-reactive ketones (excluding diaryl/α,β-unsaturated/α-hetero) is 1. The topological polar surface area (TPSA) is 144 Å². The van der Waals surface area contributed by atoms with E-state index in [2.05, 4.69) is 35.8 Å². The number of piperazine rings is 1. The van der Waals surface area contributed by atoms with Gasteiger partial charge in [0.1, 0.15) is 0 Å². The third kappa shape index (κ3) is 3.78. The van der Waals surface area contributed by atoms with Crippen molar-refractivity contribution in [3.63, 3.8) is 0 Å². The fraction of sp³-hybridized carbons (Fsp3) is 0.455. The maximum atomic E-state index is 14.7. The van der Waals surface area contributed by atoms with E-state index in [0.717, 1.165) is 19.0 Å². The fourth-order valence-electron chi connectivity index (χ4n) is 5.10. The summed E-state index contributed by atoms with van der Waals surface area (Å²) in [5, 5.41) is 19.9. The van der Waals surface area contributed by atoms with Gasteiger partial charge in [0, 0.05) is 32.4 Å². The Morgan fingerprint density at radius 3 is 2.61 bits per heavy atom. The zero-order chi connectivity index (χ0) is 24.6. The Morgan fingerprint density at radius 2 is 1.86 bits per heavy atom. The van der Waals surface area contributed by atoms with Crippen LogP contribution in [0.25, 0.3) is 16.7 Å². The molecule has 0 spiro atoms. The summed E-state index contributed by atoms with van der Waals surface area (Å²) in [6.07, 6.45) is 11.0. The number of nitrogens with zero attached hydrogens (tertiary/aromatic N) is 10. The van der Waals surface area contributed by atoms with E-state index in [1.54, 1.807) is 6.20 Å². The van der Waals surface area contributed by atoms with Gasteiger partial charge in [-0.3, -0.25) is 9.59 Å². The van der Waals surface area contributed by atoms with E-state index in [9.17, 15) is 14.0 Å². The van der Waals surface area contributed by atoms with Crippen molar-refractivity contribution in [2.75, 3.05) is 31.1 Å². The Morgan fingerprint density at radius 1 is 1.06 bits per heavy atom. The number of halogens is 1. The number of rotatable bonds is 5. The van der Waals surface area contributed by atoms with Gasteiger partial charge in [-0.25, -0.2) is 18.7 Å². The average molecular weight is 494 g/mol. The SMILES string of the molecule is O=C(C(=O)N1CCN(c2nnnn2C2CCCCC2)CC1)c1c[nH]c2c(-n3ccnn3)ncc(F)c12. The number of H-pyrrole nitrogens is 1. The van der Waals surface area contributed by atoms with Crippen LogP contribution in [-0.2, 0) is 4.79 Å². The first kappa shape index (κ1) is 22.2. The molecule has 5 heterocycles. The van der Waals surface area contributed by atoms with Crippen molar-refractivity contribution in [1.29, 1.82) is 0 Å². The molecule has 0 unspecified atom stereocenters. The predicted molar refractivity (Wildman–Crippen MR) is 124 cm³/mol. The summed E-state index contributed by atoms with van der Waals surface area (Å²) in [6.45, 7) is 1.65. The highest BCUT2D eigenvalue weighted by Gasteiger charge is 2.32. The number of carbonyl (C=O) groups is 2. The van der Waals surface area contributed by atoms with Crippen LogP contribution in [0.4, 0.5) is 10.3 Å². The number of aromatic nitrogens is 9. The fourth-order valence-corrected chi connectivity index (χ4v) is 5.10. The van der Waals surface area contributed by atoms with Crippen molar-refractivity contribution in [1.82, 2.24) is 50.1 Å². The molecule has 1 saturated heterocycles. The van der Waals surface area contributed by atoms with E-state index in [1.165, 1.54) is 41.2 Å². The molecule has 0 radical (unpaired) electrons. The van der Waals surface area contributed by atoms with Gasteiger partial charge in [0.25, 0.3) is 11.7 Å². The number of hydrogen-bond acceptors (Lipinski definition) is 9. The van der Waals surface area contributed by atoms with Crippen LogP contribution < -0.4 is 4.90 Å². The Balaban J connectivity index is 1.18. The maximum absolute atomic E-state index is 14.7. The van der Waals surface area contributed by atoms with Crippen LogP contribution in [0.3, 0.4) is 0 Å². The van der Waals surface area contributed by atoms with E-state index < -0.39 is 17.5 Å². The molecular weight excluding hydrogens is 469 g/mol. The summed E-state index contributed by atoms with van der Waals surface area (Å²) >= 11 is 0. The molecular formula is C22H24FN11O2. The Bertz CT molecular complexity index is 1400. The van der Waals surface area contributed by atoms with Gasteiger partial charge >= 0.3 is 0 Å². The predicted octanol–water partition coefficient (Wildman–Crippen LogP) is 1.31. The van der Waals surface area contributed by atoms with E-state index in [0.29, 0.717) is 38.2 Å². The number of fused-ring (bicyclic) bond motifs is 1. The van der Waals surface area contributed by atoms with Gasteiger partial charge in [-0.05, 0) is 23.3 Å². The summed E-state index contributed by atoms with van der Waals surface area (Å²) in [4.78, 5) is 36.7. The van der Waals surface area contributed by atoms with Crippen LogP contribution in [0.5, 0.6) is 0 Å². The largest absolute Gasteiger partial charge is 0.357 e. The van der Waals surface area contributed by atoms with Crippen LogP contribution in [0, 0.1) is 5.82 Å². The number of ketones is 1. The van der Waals surface area contributed by atoms with Gasteiger partial charge in [0.05, 0.1) is 41.1 Å². The van der Waals surface area contributed by atoms with Gasteiger partial charge in [0.2, 0.25) is 5.95 Å². The van der Waals surface area contributed by atoms with E-state index in [1.807, 2.05) is 9.58 Å². The lowest BCUT2D eigenvalue weighted by Gasteiger charge is -2.35. The molecule has 186 valence electrons. The highest BCUT2D eigenvalue weighted by Crippen LogP contribution is 2.30. The molecule has 2 fully saturated rings. The number of pyridine rings is 1. The van der Waals surface area contributed by atoms with Crippen LogP contribution in [0.15, 0.2) is 24.8 Å². The van der Waals surface area contributed by atoms with Crippen LogP contribution in [-0.4, -0.2) is 87.9 Å². The summed E-state index contributed by atoms with van der Waals surface area (Å²) in [5.74, 6) is -1.19. The minimum atomic E-state index is -0.781. The first-order chi connectivity index (χ1) is 17.6. The van der Waals surface area contributed by atoms with Crippen molar-refractivity contribution < 1.29 is 14.0 Å². The molecule has 4 aromatic rings. The first-order valence-electron chi connectivity index (χ1n) is 12.0. The summed E-state index contributed by atoms with van der Waals surface area (Å²) in [6, 6.07) is 0.290. The molecule has 0 atom stereocenters. The lowest BCUT2D eigenvalue weighted by Crippen LogP contribution is -2.51. The number of hydrogen-bond donors (Lipinski definition) is 1. The minimum absolute atomic E-state index is 0.000793. The second-order valence-electron chi connectivity index (χ2n) is 9.05. The van der Waals surface area contributed by atoms with Gasteiger partial charge in [-0.2, -0.15) is 0 Å². The molecule has 0 bridgehead atoms. The third-order valence-electron chi connectivity index (χ3n) is 6.97. The molecule has 1 amide bonds. The average Bonchev–Trinajstić information content (AvgIpc) is 3.70. The van der Waals surface area contributed by atoms with Crippen LogP contribution in [0.2, 0.25) is 0 Å². The van der Waals surface area contributed by atoms with Crippen molar-refractivity contribution in [3.05, 3.63) is 36.2 Å². The lowest BCUT2D eigenvalue weighted by molar-refractivity contribution is -0.126. The number of nitrogens with one attached hydrogen (secondary N) is 1. The molecule has 6 rings (SSSR count). The zero-order valence-electron chi connectivity index (χ0n) is 19.4. The standard InChI is InChI=1S/C22H24FN11O2/c23-16-13-25-20(33-7-6-26-29-33)18-17(16)15(12-24-18)19(35)21(36)31-8-10-32(11-9-31)22-27-28-30-34(22)14-4-2-1-3-5-14/h6-7,12-14,24H,1-5,8-11H2. The quantitative estimate of drug-likeness (QED) is 0.321. The zero-order valence-corrected chi connectivity index (χ0v) is 19.4. The molecule has 1 saturated carbocycles. The number of aromatic amines is 1. The molecule has 2 aliphatic rings. The van der Waals surface area contributed by atoms with Gasteiger partial charge in [-0.1, -0.05) is 29.6 Å². The lowest BCUT2D eigenvalue weighted by atomic mass is 9.96. The molecule has 4 aromatic heterocycles. The van der Waals surface area contributed by atoms with Crippen LogP contribution in [0.1, 0.15) is 48.5 Å². The Hall–Kier alpha value is -4.23. The third-order valence-corrected chi connectivity index (χ3v) is 6.97. The summed E-state index contributed by atoms with van der Waals surface area (Å²) < 4.78 is 18.0. The molecule has 13 nitrogen and oxygen atoms in total. The van der Waals surface area contributed by atoms with Crippen LogP contribution >= 0.6 is 0 Å². The second-order valence-corrected chi connectivity index (χ2v) is 9.05. The molecule has 1 aliphatic carbocycles. The summed E-state index contributed by atoms with van der Waals surface area (Å²) in [5.41, 5.74) is 0.218. The van der Waals surface area contributed by atoms with E-state index in [-0.39, 0.29) is 22.3 Å². The number of carbonyl (C=O) groups excluding carboxylic acids is 2. The van der Waals surface area contributed by atoms with Gasteiger partial charge in [0.15, 0.2) is 11.6 Å². The highest BCUT2D eigenvalue weighted by atomic mass is 19.1. The second kappa shape index (κ2) is 9.09. The Kier molecular flexibility index (Phi) is 5.62.